The minimum Gasteiger partial charge on any atom is -0.379 e. The van der Waals surface area contributed by atoms with Crippen LogP contribution in [0.25, 0.3) is 0 Å². The molecule has 0 radical (unpaired) electrons. The molecule has 0 aromatic heterocycles. The van der Waals surface area contributed by atoms with Crippen LogP contribution in [0.5, 0.6) is 0 Å². The van der Waals surface area contributed by atoms with Crippen molar-refractivity contribution in [3.63, 3.8) is 0 Å². The number of morpholine rings is 1. The van der Waals surface area contributed by atoms with Gasteiger partial charge in [0, 0.05) is 37.6 Å². The third-order valence-electron chi connectivity index (χ3n) is 5.96. The highest BCUT2D eigenvalue weighted by Gasteiger charge is 2.34. The maximum atomic E-state index is 13.2. The molecule has 0 unspecified atom stereocenters. The third kappa shape index (κ3) is 4.31. The third-order valence-corrected chi connectivity index (χ3v) is 5.96. The lowest BCUT2D eigenvalue weighted by molar-refractivity contribution is -0.117. The highest BCUT2D eigenvalue weighted by molar-refractivity contribution is 6.02. The van der Waals surface area contributed by atoms with E-state index in [1.807, 2.05) is 11.0 Å². The first kappa shape index (κ1) is 19.9. The standard InChI is InChI=1S/C24H31N3O2/c1-17-14-18(2)23(19(3)15-17)27-9-8-22(24(27)28)25-21-7-5-4-6-20(21)16-26-10-12-29-13-11-26/h4-7,14-15,22,25H,8-13,16H2,1-3H3/t22-/m1/s1. The predicted molar refractivity (Wildman–Crippen MR) is 118 cm³/mol. The summed E-state index contributed by atoms with van der Waals surface area (Å²) in [7, 11) is 0. The van der Waals surface area contributed by atoms with Crippen molar-refractivity contribution in [1.82, 2.24) is 4.90 Å². The van der Waals surface area contributed by atoms with Crippen LogP contribution in [0.2, 0.25) is 0 Å². The van der Waals surface area contributed by atoms with Crippen molar-refractivity contribution in [1.29, 1.82) is 0 Å². The zero-order valence-corrected chi connectivity index (χ0v) is 17.7. The molecule has 0 aliphatic carbocycles. The van der Waals surface area contributed by atoms with E-state index < -0.39 is 0 Å². The van der Waals surface area contributed by atoms with Gasteiger partial charge in [-0.15, -0.1) is 0 Å². The number of carbonyl (C=O) groups is 1. The van der Waals surface area contributed by atoms with Crippen molar-refractivity contribution in [2.24, 2.45) is 0 Å². The number of hydrogen-bond acceptors (Lipinski definition) is 4. The van der Waals surface area contributed by atoms with Crippen molar-refractivity contribution in [2.75, 3.05) is 43.1 Å². The average molecular weight is 394 g/mol. The van der Waals surface area contributed by atoms with Gasteiger partial charge in [0.2, 0.25) is 5.91 Å². The number of nitrogens with zero attached hydrogens (tertiary/aromatic N) is 2. The van der Waals surface area contributed by atoms with Crippen LogP contribution in [0, 0.1) is 20.8 Å². The number of aryl methyl sites for hydroxylation is 3. The van der Waals surface area contributed by atoms with Crippen molar-refractivity contribution < 1.29 is 9.53 Å². The molecule has 4 rings (SSSR count). The largest absolute Gasteiger partial charge is 0.379 e. The molecule has 1 N–H and O–H groups in total. The van der Waals surface area contributed by atoms with Gasteiger partial charge in [0.05, 0.1) is 13.2 Å². The molecule has 29 heavy (non-hydrogen) atoms. The van der Waals surface area contributed by atoms with Crippen LogP contribution in [0.1, 0.15) is 28.7 Å². The molecule has 0 saturated carbocycles. The lowest BCUT2D eigenvalue weighted by Crippen LogP contribution is -2.36. The van der Waals surface area contributed by atoms with Gasteiger partial charge < -0.3 is 15.0 Å². The molecular weight excluding hydrogens is 362 g/mol. The second kappa shape index (κ2) is 8.56. The molecule has 2 saturated heterocycles. The van der Waals surface area contributed by atoms with Gasteiger partial charge >= 0.3 is 0 Å². The van der Waals surface area contributed by atoms with Crippen molar-refractivity contribution >= 4 is 17.3 Å². The Morgan fingerprint density at radius 3 is 2.45 bits per heavy atom. The van der Waals surface area contributed by atoms with Gasteiger partial charge in [0.25, 0.3) is 0 Å². The van der Waals surface area contributed by atoms with Crippen LogP contribution in [0.4, 0.5) is 11.4 Å². The number of benzene rings is 2. The first-order chi connectivity index (χ1) is 14.0. The van der Waals surface area contributed by atoms with Gasteiger partial charge in [-0.3, -0.25) is 9.69 Å². The minimum atomic E-state index is -0.180. The fourth-order valence-corrected chi connectivity index (χ4v) is 4.62. The summed E-state index contributed by atoms with van der Waals surface area (Å²) in [4.78, 5) is 17.6. The highest BCUT2D eigenvalue weighted by atomic mass is 16.5. The SMILES string of the molecule is Cc1cc(C)c(N2CC[C@@H](Nc3ccccc3CN3CCOCC3)C2=O)c(C)c1. The minimum absolute atomic E-state index is 0.168. The number of rotatable bonds is 5. The van der Waals surface area contributed by atoms with E-state index in [1.165, 1.54) is 22.3 Å². The molecular formula is C24H31N3O2. The van der Waals surface area contributed by atoms with E-state index in [9.17, 15) is 4.79 Å². The Morgan fingerprint density at radius 2 is 1.72 bits per heavy atom. The lowest BCUT2D eigenvalue weighted by atomic mass is 10.0. The summed E-state index contributed by atoms with van der Waals surface area (Å²) in [5.41, 5.74) is 6.96. The van der Waals surface area contributed by atoms with Crippen molar-refractivity contribution in [3.05, 3.63) is 58.7 Å². The normalized spacial score (nSPS) is 20.3. The molecule has 2 aliphatic heterocycles. The summed E-state index contributed by atoms with van der Waals surface area (Å²) in [6.07, 6.45) is 0.817. The van der Waals surface area contributed by atoms with Crippen LogP contribution < -0.4 is 10.2 Å². The van der Waals surface area contributed by atoms with E-state index in [4.69, 9.17) is 4.74 Å². The number of nitrogens with one attached hydrogen (secondary N) is 1. The van der Waals surface area contributed by atoms with Gasteiger partial charge in [0.15, 0.2) is 0 Å². The van der Waals surface area contributed by atoms with Gasteiger partial charge in [0.1, 0.15) is 6.04 Å². The summed E-state index contributed by atoms with van der Waals surface area (Å²) in [5.74, 6) is 0.168. The number of ether oxygens (including phenoxy) is 1. The number of para-hydroxylation sites is 1. The van der Waals surface area contributed by atoms with Crippen molar-refractivity contribution in [2.45, 2.75) is 39.8 Å². The molecule has 154 valence electrons. The smallest absolute Gasteiger partial charge is 0.249 e. The van der Waals surface area contributed by atoms with Gasteiger partial charge in [-0.2, -0.15) is 0 Å². The van der Waals surface area contributed by atoms with Crippen LogP contribution in [-0.2, 0) is 16.1 Å². The highest BCUT2D eigenvalue weighted by Crippen LogP contribution is 2.31. The first-order valence-electron chi connectivity index (χ1n) is 10.6. The van der Waals surface area contributed by atoms with Crippen molar-refractivity contribution in [3.8, 4) is 0 Å². The number of hydrogen-bond donors (Lipinski definition) is 1. The van der Waals surface area contributed by atoms with Gasteiger partial charge in [-0.25, -0.2) is 0 Å². The Kier molecular flexibility index (Phi) is 5.88. The summed E-state index contributed by atoms with van der Waals surface area (Å²) >= 11 is 0. The molecule has 2 fully saturated rings. The first-order valence-corrected chi connectivity index (χ1v) is 10.6. The van der Waals surface area contributed by atoms with Gasteiger partial charge in [-0.05, 0) is 49.9 Å². The molecule has 2 aromatic carbocycles. The van der Waals surface area contributed by atoms with E-state index >= 15 is 0 Å². The summed E-state index contributed by atoms with van der Waals surface area (Å²) in [6.45, 7) is 11.4. The second-order valence-electron chi connectivity index (χ2n) is 8.27. The topological polar surface area (TPSA) is 44.8 Å². The maximum absolute atomic E-state index is 13.2. The summed E-state index contributed by atoms with van der Waals surface area (Å²) in [6, 6.07) is 12.5. The Balaban J connectivity index is 1.49. The molecule has 2 aromatic rings. The average Bonchev–Trinajstić information content (AvgIpc) is 3.04. The number of anilines is 2. The van der Waals surface area contributed by atoms with Crippen LogP contribution in [0.15, 0.2) is 36.4 Å². The van der Waals surface area contributed by atoms with Crippen LogP contribution in [0.3, 0.4) is 0 Å². The monoisotopic (exact) mass is 393 g/mol. The molecule has 2 heterocycles. The number of amides is 1. The van der Waals surface area contributed by atoms with Crippen LogP contribution in [-0.4, -0.2) is 49.7 Å². The maximum Gasteiger partial charge on any atom is 0.249 e. The molecule has 1 amide bonds. The molecule has 0 spiro atoms. The fraction of sp³-hybridized carbons (Fsp3) is 0.458. The Hall–Kier alpha value is -2.37. The zero-order valence-electron chi connectivity index (χ0n) is 17.7. The van der Waals surface area contributed by atoms with Crippen LogP contribution >= 0.6 is 0 Å². The molecule has 0 bridgehead atoms. The zero-order chi connectivity index (χ0) is 20.4. The molecule has 5 heteroatoms. The number of carbonyl (C=O) groups excluding carboxylic acids is 1. The lowest BCUT2D eigenvalue weighted by Gasteiger charge is -2.28. The van der Waals surface area contributed by atoms with E-state index in [-0.39, 0.29) is 11.9 Å². The predicted octanol–water partition coefficient (Wildman–Crippen LogP) is 3.66. The van der Waals surface area contributed by atoms with E-state index in [0.717, 1.165) is 57.2 Å². The second-order valence-corrected chi connectivity index (χ2v) is 8.27. The molecule has 5 nitrogen and oxygen atoms in total. The quantitative estimate of drug-likeness (QED) is 0.842. The Labute approximate surface area is 173 Å². The molecule has 1 atom stereocenters. The van der Waals surface area contributed by atoms with Gasteiger partial charge in [-0.1, -0.05) is 35.9 Å². The summed E-state index contributed by atoms with van der Waals surface area (Å²) in [5, 5.41) is 3.55. The van der Waals surface area contributed by atoms with E-state index in [0.29, 0.717) is 0 Å². The Bertz CT molecular complexity index is 866. The Morgan fingerprint density at radius 1 is 1.03 bits per heavy atom. The fourth-order valence-electron chi connectivity index (χ4n) is 4.62. The molecule has 2 aliphatic rings. The van der Waals surface area contributed by atoms with E-state index in [1.54, 1.807) is 0 Å². The summed E-state index contributed by atoms with van der Waals surface area (Å²) < 4.78 is 5.46. The van der Waals surface area contributed by atoms with E-state index in [2.05, 4.69) is 61.3 Å².